The summed E-state index contributed by atoms with van der Waals surface area (Å²) < 4.78 is 5.54. The fraction of sp³-hybridized carbons (Fsp3) is 0.846. The summed E-state index contributed by atoms with van der Waals surface area (Å²) in [7, 11) is 4.27. The van der Waals surface area contributed by atoms with Gasteiger partial charge in [-0.05, 0) is 34.0 Å². The SMILES string of the molecule is CN1CCN(C)C(c2noc(C3(C)CCNC3)n2)C1. The van der Waals surface area contributed by atoms with Gasteiger partial charge in [0.05, 0.1) is 11.5 Å². The first-order valence-corrected chi connectivity index (χ1v) is 7.02. The number of hydrogen-bond acceptors (Lipinski definition) is 6. The number of likely N-dealkylation sites (N-methyl/N-ethyl adjacent to an activating group) is 2. The largest absolute Gasteiger partial charge is 0.339 e. The minimum Gasteiger partial charge on any atom is -0.339 e. The van der Waals surface area contributed by atoms with Crippen molar-refractivity contribution in [2.75, 3.05) is 46.8 Å². The predicted octanol–water partition coefficient (Wildman–Crippen LogP) is 0.239. The second kappa shape index (κ2) is 4.85. The molecule has 2 aliphatic heterocycles. The van der Waals surface area contributed by atoms with Crippen LogP contribution in [0.25, 0.3) is 0 Å². The molecule has 6 heteroatoms. The van der Waals surface area contributed by atoms with Crippen LogP contribution in [0.4, 0.5) is 0 Å². The molecule has 1 N–H and O–H groups in total. The molecule has 0 aliphatic carbocycles. The maximum Gasteiger partial charge on any atom is 0.233 e. The summed E-state index contributed by atoms with van der Waals surface area (Å²) in [4.78, 5) is 9.31. The van der Waals surface area contributed by atoms with E-state index in [1.807, 2.05) is 0 Å². The fourth-order valence-electron chi connectivity index (χ4n) is 2.90. The Kier molecular flexibility index (Phi) is 3.32. The van der Waals surface area contributed by atoms with Crippen LogP contribution in [-0.4, -0.2) is 66.8 Å². The summed E-state index contributed by atoms with van der Waals surface area (Å²) >= 11 is 0. The average molecular weight is 265 g/mol. The summed E-state index contributed by atoms with van der Waals surface area (Å²) in [5.41, 5.74) is 0.00436. The van der Waals surface area contributed by atoms with Crippen molar-refractivity contribution in [1.29, 1.82) is 0 Å². The summed E-state index contributed by atoms with van der Waals surface area (Å²) in [6.45, 7) is 7.25. The van der Waals surface area contributed by atoms with Crippen molar-refractivity contribution in [1.82, 2.24) is 25.3 Å². The van der Waals surface area contributed by atoms with E-state index in [-0.39, 0.29) is 11.5 Å². The van der Waals surface area contributed by atoms with Crippen LogP contribution in [0.15, 0.2) is 4.52 Å². The van der Waals surface area contributed by atoms with Crippen molar-refractivity contribution in [2.45, 2.75) is 24.8 Å². The Labute approximate surface area is 114 Å². The van der Waals surface area contributed by atoms with Crippen molar-refractivity contribution in [3.05, 3.63) is 11.7 Å². The Bertz CT molecular complexity index is 440. The van der Waals surface area contributed by atoms with Gasteiger partial charge in [0, 0.05) is 26.2 Å². The summed E-state index contributed by atoms with van der Waals surface area (Å²) in [5.74, 6) is 1.62. The predicted molar refractivity (Wildman–Crippen MR) is 72.0 cm³/mol. The Hall–Kier alpha value is -0.980. The van der Waals surface area contributed by atoms with Crippen LogP contribution >= 0.6 is 0 Å². The highest BCUT2D eigenvalue weighted by Gasteiger charge is 2.37. The zero-order chi connectivity index (χ0) is 13.5. The Morgan fingerprint density at radius 3 is 2.95 bits per heavy atom. The van der Waals surface area contributed by atoms with E-state index in [4.69, 9.17) is 4.52 Å². The molecule has 6 nitrogen and oxygen atoms in total. The highest BCUT2D eigenvalue weighted by Crippen LogP contribution is 2.30. The van der Waals surface area contributed by atoms with E-state index >= 15 is 0 Å². The molecule has 0 aromatic carbocycles. The van der Waals surface area contributed by atoms with Gasteiger partial charge in [0.15, 0.2) is 5.82 Å². The number of aromatic nitrogens is 2. The van der Waals surface area contributed by atoms with Crippen molar-refractivity contribution in [3.63, 3.8) is 0 Å². The van der Waals surface area contributed by atoms with Gasteiger partial charge in [-0.15, -0.1) is 0 Å². The first kappa shape index (κ1) is 13.0. The molecular formula is C13H23N5O. The van der Waals surface area contributed by atoms with Crippen molar-refractivity contribution in [3.8, 4) is 0 Å². The molecule has 2 unspecified atom stereocenters. The summed E-state index contributed by atoms with van der Waals surface area (Å²) in [5, 5.41) is 7.60. The zero-order valence-electron chi connectivity index (χ0n) is 12.0. The van der Waals surface area contributed by atoms with Crippen LogP contribution in [-0.2, 0) is 5.41 Å². The van der Waals surface area contributed by atoms with Gasteiger partial charge in [-0.25, -0.2) is 0 Å². The van der Waals surface area contributed by atoms with E-state index < -0.39 is 0 Å². The second-order valence-electron chi connectivity index (χ2n) is 6.20. The molecule has 0 amide bonds. The van der Waals surface area contributed by atoms with Gasteiger partial charge in [-0.3, -0.25) is 4.90 Å². The van der Waals surface area contributed by atoms with Crippen LogP contribution < -0.4 is 5.32 Å². The van der Waals surface area contributed by atoms with E-state index in [1.165, 1.54) is 0 Å². The van der Waals surface area contributed by atoms with E-state index in [2.05, 4.69) is 46.3 Å². The first-order valence-electron chi connectivity index (χ1n) is 7.02. The monoisotopic (exact) mass is 265 g/mol. The van der Waals surface area contributed by atoms with Gasteiger partial charge >= 0.3 is 0 Å². The zero-order valence-corrected chi connectivity index (χ0v) is 12.0. The summed E-state index contributed by atoms with van der Waals surface area (Å²) in [6, 6.07) is 0.245. The minimum absolute atomic E-state index is 0.00436. The fourth-order valence-corrected chi connectivity index (χ4v) is 2.90. The molecule has 2 saturated heterocycles. The quantitative estimate of drug-likeness (QED) is 0.826. The summed E-state index contributed by atoms with van der Waals surface area (Å²) in [6.07, 6.45) is 1.06. The lowest BCUT2D eigenvalue weighted by Crippen LogP contribution is -2.45. The van der Waals surface area contributed by atoms with E-state index in [1.54, 1.807) is 0 Å². The van der Waals surface area contributed by atoms with E-state index in [0.29, 0.717) is 0 Å². The molecule has 1 aromatic heterocycles. The van der Waals surface area contributed by atoms with Gasteiger partial charge in [0.25, 0.3) is 0 Å². The molecule has 3 heterocycles. The van der Waals surface area contributed by atoms with Crippen LogP contribution in [0, 0.1) is 0 Å². The van der Waals surface area contributed by atoms with Crippen molar-refractivity contribution in [2.24, 2.45) is 0 Å². The number of hydrogen-bond donors (Lipinski definition) is 1. The lowest BCUT2D eigenvalue weighted by Gasteiger charge is -2.35. The normalized spacial score (nSPS) is 33.9. The van der Waals surface area contributed by atoms with Crippen molar-refractivity contribution >= 4 is 0 Å². The number of piperazine rings is 1. The van der Waals surface area contributed by atoms with E-state index in [0.717, 1.165) is 50.9 Å². The number of nitrogens with one attached hydrogen (secondary N) is 1. The van der Waals surface area contributed by atoms with Gasteiger partial charge < -0.3 is 14.7 Å². The second-order valence-corrected chi connectivity index (χ2v) is 6.20. The van der Waals surface area contributed by atoms with E-state index in [9.17, 15) is 0 Å². The number of nitrogens with zero attached hydrogens (tertiary/aromatic N) is 4. The molecule has 3 rings (SSSR count). The van der Waals surface area contributed by atoms with Gasteiger partial charge in [0.2, 0.25) is 5.89 Å². The molecule has 19 heavy (non-hydrogen) atoms. The maximum absolute atomic E-state index is 5.54. The van der Waals surface area contributed by atoms with Crippen molar-refractivity contribution < 1.29 is 4.52 Å². The highest BCUT2D eigenvalue weighted by atomic mass is 16.5. The lowest BCUT2D eigenvalue weighted by atomic mass is 9.90. The standard InChI is InChI=1S/C13H23N5O/c1-13(4-5-14-9-13)12-15-11(16-19-12)10-8-17(2)6-7-18(10)3/h10,14H,4-9H2,1-3H3. The molecule has 0 radical (unpaired) electrons. The Balaban J connectivity index is 1.80. The molecule has 0 spiro atoms. The average Bonchev–Trinajstić information content (AvgIpc) is 3.02. The van der Waals surface area contributed by atoms with Crippen LogP contribution in [0.1, 0.15) is 31.1 Å². The smallest absolute Gasteiger partial charge is 0.233 e. The maximum atomic E-state index is 5.54. The molecule has 2 aliphatic rings. The Morgan fingerprint density at radius 1 is 1.37 bits per heavy atom. The third-order valence-electron chi connectivity index (χ3n) is 4.48. The van der Waals surface area contributed by atoms with Crippen LogP contribution in [0.3, 0.4) is 0 Å². The molecule has 0 saturated carbocycles. The first-order chi connectivity index (χ1) is 9.08. The highest BCUT2D eigenvalue weighted by molar-refractivity contribution is 5.09. The molecule has 1 aromatic rings. The topological polar surface area (TPSA) is 57.4 Å². The van der Waals surface area contributed by atoms with Crippen LogP contribution in [0.5, 0.6) is 0 Å². The molecule has 2 fully saturated rings. The van der Waals surface area contributed by atoms with Gasteiger partial charge in [-0.1, -0.05) is 5.16 Å². The Morgan fingerprint density at radius 2 is 2.21 bits per heavy atom. The number of rotatable bonds is 2. The minimum atomic E-state index is 0.00436. The molecular weight excluding hydrogens is 242 g/mol. The van der Waals surface area contributed by atoms with Gasteiger partial charge in [0.1, 0.15) is 0 Å². The van der Waals surface area contributed by atoms with Gasteiger partial charge in [-0.2, -0.15) is 4.98 Å². The van der Waals surface area contributed by atoms with Crippen LogP contribution in [0.2, 0.25) is 0 Å². The molecule has 0 bridgehead atoms. The molecule has 106 valence electrons. The lowest BCUT2D eigenvalue weighted by molar-refractivity contribution is 0.108. The third kappa shape index (κ3) is 2.40. The molecule has 2 atom stereocenters. The third-order valence-corrected chi connectivity index (χ3v) is 4.48.